The molecule has 0 atom stereocenters. The van der Waals surface area contributed by atoms with E-state index in [2.05, 4.69) is 25.7 Å². The van der Waals surface area contributed by atoms with Crippen molar-refractivity contribution in [3.8, 4) is 0 Å². The zero-order valence-electron chi connectivity index (χ0n) is 13.4. The molecule has 0 spiro atoms. The van der Waals surface area contributed by atoms with Gasteiger partial charge in [0, 0.05) is 34.9 Å². The topological polar surface area (TPSA) is 103 Å². The second kappa shape index (κ2) is 7.84. The van der Waals surface area contributed by atoms with Gasteiger partial charge in [-0.3, -0.25) is 19.8 Å². The molecule has 9 heteroatoms. The molecule has 0 aliphatic rings. The predicted molar refractivity (Wildman–Crippen MR) is 93.7 cm³/mol. The second-order valence-electron chi connectivity index (χ2n) is 4.90. The van der Waals surface area contributed by atoms with Crippen molar-refractivity contribution in [1.82, 2.24) is 4.98 Å². The number of aromatic nitrogens is 1. The molecule has 1 amide bonds. The molecule has 2 rings (SSSR count). The first-order valence-electron chi connectivity index (χ1n) is 7.18. The number of amides is 1. The highest BCUT2D eigenvalue weighted by atomic mass is 79.9. The summed E-state index contributed by atoms with van der Waals surface area (Å²) in [6.45, 7) is 2.05. The van der Waals surface area contributed by atoms with Crippen molar-refractivity contribution in [2.45, 2.75) is 6.92 Å². The van der Waals surface area contributed by atoms with Crippen molar-refractivity contribution in [1.29, 1.82) is 0 Å². The van der Waals surface area contributed by atoms with Gasteiger partial charge in [-0.15, -0.1) is 0 Å². The summed E-state index contributed by atoms with van der Waals surface area (Å²) in [7, 11) is 1.16. The molecule has 130 valence electrons. The molecule has 2 aromatic rings. The van der Waals surface area contributed by atoms with Gasteiger partial charge in [0.25, 0.3) is 11.6 Å². The number of pyridine rings is 1. The molecule has 0 saturated heterocycles. The van der Waals surface area contributed by atoms with Crippen LogP contribution in [-0.2, 0) is 4.74 Å². The van der Waals surface area contributed by atoms with Gasteiger partial charge in [-0.05, 0) is 41.1 Å². The van der Waals surface area contributed by atoms with Crippen molar-refractivity contribution in [3.05, 3.63) is 62.2 Å². The van der Waals surface area contributed by atoms with Crippen molar-refractivity contribution >= 4 is 39.3 Å². The summed E-state index contributed by atoms with van der Waals surface area (Å²) < 4.78 is 5.34. The van der Waals surface area contributed by atoms with Crippen LogP contribution in [0.1, 0.15) is 27.6 Å². The molecule has 25 heavy (non-hydrogen) atoms. The van der Waals surface area contributed by atoms with Crippen molar-refractivity contribution in [2.75, 3.05) is 18.6 Å². The molecule has 0 aliphatic carbocycles. The minimum atomic E-state index is -0.762. The maximum atomic E-state index is 12.8. The van der Waals surface area contributed by atoms with Crippen LogP contribution in [0.3, 0.4) is 0 Å². The number of halogens is 1. The van der Waals surface area contributed by atoms with Crippen LogP contribution < -0.4 is 4.90 Å². The van der Waals surface area contributed by atoms with Crippen LogP contribution >= 0.6 is 15.9 Å². The first kappa shape index (κ1) is 18.5. The number of hydrogen-bond acceptors (Lipinski definition) is 6. The third-order valence-electron chi connectivity index (χ3n) is 3.35. The van der Waals surface area contributed by atoms with Gasteiger partial charge in [0.15, 0.2) is 0 Å². The Morgan fingerprint density at radius 3 is 2.48 bits per heavy atom. The number of carbonyl (C=O) groups excluding carboxylic acids is 2. The van der Waals surface area contributed by atoms with E-state index in [9.17, 15) is 19.7 Å². The zero-order chi connectivity index (χ0) is 18.6. The molecular weight excluding hydrogens is 394 g/mol. The fraction of sp³-hybridized carbons (Fsp3) is 0.188. The molecule has 0 unspecified atom stereocenters. The van der Waals surface area contributed by atoms with E-state index >= 15 is 0 Å². The van der Waals surface area contributed by atoms with Crippen LogP contribution in [0.5, 0.6) is 0 Å². The highest BCUT2D eigenvalue weighted by molar-refractivity contribution is 9.10. The molecule has 0 aliphatic heterocycles. The third kappa shape index (κ3) is 4.18. The number of non-ortho nitro benzene ring substituents is 1. The summed E-state index contributed by atoms with van der Waals surface area (Å²) in [5.74, 6) is -0.879. The van der Waals surface area contributed by atoms with Gasteiger partial charge in [-0.1, -0.05) is 0 Å². The minimum Gasteiger partial charge on any atom is -0.465 e. The lowest BCUT2D eigenvalue weighted by Crippen LogP contribution is -2.31. The summed E-state index contributed by atoms with van der Waals surface area (Å²) in [6.07, 6.45) is 1.54. The fourth-order valence-corrected chi connectivity index (χ4v) is 2.40. The van der Waals surface area contributed by atoms with Gasteiger partial charge in [0.1, 0.15) is 5.82 Å². The van der Waals surface area contributed by atoms with Crippen LogP contribution in [0.2, 0.25) is 0 Å². The first-order chi connectivity index (χ1) is 11.9. The van der Waals surface area contributed by atoms with Crippen LogP contribution in [-0.4, -0.2) is 35.4 Å². The molecule has 0 N–H and O–H groups in total. The third-order valence-corrected chi connectivity index (χ3v) is 3.82. The van der Waals surface area contributed by atoms with Gasteiger partial charge < -0.3 is 4.74 Å². The largest absolute Gasteiger partial charge is 0.465 e. The smallest absolute Gasteiger partial charge is 0.338 e. The molecule has 8 nitrogen and oxygen atoms in total. The second-order valence-corrected chi connectivity index (χ2v) is 5.82. The summed E-state index contributed by atoms with van der Waals surface area (Å²) in [4.78, 5) is 40.5. The Bertz CT molecular complexity index is 823. The molecule has 0 fully saturated rings. The maximum Gasteiger partial charge on any atom is 0.338 e. The van der Waals surface area contributed by atoms with E-state index in [-0.39, 0.29) is 16.8 Å². The van der Waals surface area contributed by atoms with E-state index in [1.165, 1.54) is 11.0 Å². The standard InChI is InChI=1S/C16H14BrN3O5/c1-3-19(14-5-4-12(17)9-18-14)15(21)10-6-11(16(22)25-2)8-13(7-10)20(23)24/h4-9H,3H2,1-2H3. The quantitative estimate of drug-likeness (QED) is 0.428. The fourth-order valence-electron chi connectivity index (χ4n) is 2.17. The van der Waals surface area contributed by atoms with Crippen LogP contribution in [0.4, 0.5) is 11.5 Å². The lowest BCUT2D eigenvalue weighted by Gasteiger charge is -2.20. The average Bonchev–Trinajstić information content (AvgIpc) is 2.62. The number of esters is 1. The number of benzene rings is 1. The minimum absolute atomic E-state index is 0.00108. The van der Waals surface area contributed by atoms with Crippen molar-refractivity contribution in [2.24, 2.45) is 0 Å². The number of nitrogens with zero attached hydrogens (tertiary/aromatic N) is 3. The summed E-state index contributed by atoms with van der Waals surface area (Å²) in [5, 5.41) is 11.1. The van der Waals surface area contributed by atoms with Gasteiger partial charge >= 0.3 is 5.97 Å². The van der Waals surface area contributed by atoms with E-state index in [1.807, 2.05) is 0 Å². The normalized spacial score (nSPS) is 10.2. The van der Waals surface area contributed by atoms with Gasteiger partial charge in [-0.2, -0.15) is 0 Å². The monoisotopic (exact) mass is 407 g/mol. The van der Waals surface area contributed by atoms with Crippen molar-refractivity contribution < 1.29 is 19.2 Å². The van der Waals surface area contributed by atoms with E-state index < -0.39 is 16.8 Å². The first-order valence-corrected chi connectivity index (χ1v) is 7.98. The van der Waals surface area contributed by atoms with Crippen LogP contribution in [0, 0.1) is 10.1 Å². The Kier molecular flexibility index (Phi) is 5.81. The van der Waals surface area contributed by atoms with Gasteiger partial charge in [-0.25, -0.2) is 9.78 Å². The number of nitro benzene ring substituents is 1. The molecule has 0 bridgehead atoms. The molecule has 0 radical (unpaired) electrons. The van der Waals surface area contributed by atoms with Crippen molar-refractivity contribution in [3.63, 3.8) is 0 Å². The highest BCUT2D eigenvalue weighted by Crippen LogP contribution is 2.22. The average molecular weight is 408 g/mol. The lowest BCUT2D eigenvalue weighted by molar-refractivity contribution is -0.384. The molecule has 1 aromatic heterocycles. The summed E-state index contributed by atoms with van der Waals surface area (Å²) in [5.41, 5.74) is -0.438. The summed E-state index contributed by atoms with van der Waals surface area (Å²) >= 11 is 3.26. The number of nitro groups is 1. The van der Waals surface area contributed by atoms with E-state index in [1.54, 1.807) is 25.3 Å². The Hall–Kier alpha value is -2.81. The Balaban J connectivity index is 2.48. The van der Waals surface area contributed by atoms with Crippen LogP contribution in [0.25, 0.3) is 0 Å². The Labute approximate surface area is 151 Å². The van der Waals surface area contributed by atoms with E-state index in [0.717, 1.165) is 23.7 Å². The number of ether oxygens (including phenoxy) is 1. The lowest BCUT2D eigenvalue weighted by atomic mass is 10.1. The number of anilines is 1. The van der Waals surface area contributed by atoms with E-state index in [0.29, 0.717) is 12.4 Å². The predicted octanol–water partition coefficient (Wildman–Crippen LogP) is 3.21. The van der Waals surface area contributed by atoms with Gasteiger partial charge in [0.2, 0.25) is 0 Å². The number of carbonyl (C=O) groups is 2. The number of rotatable bonds is 5. The summed E-state index contributed by atoms with van der Waals surface area (Å²) in [6, 6.07) is 6.82. The Morgan fingerprint density at radius 1 is 1.28 bits per heavy atom. The zero-order valence-corrected chi connectivity index (χ0v) is 15.0. The number of hydrogen-bond donors (Lipinski definition) is 0. The Morgan fingerprint density at radius 2 is 1.96 bits per heavy atom. The molecule has 0 saturated carbocycles. The molecule has 1 heterocycles. The highest BCUT2D eigenvalue weighted by Gasteiger charge is 2.22. The van der Waals surface area contributed by atoms with Gasteiger partial charge in [0.05, 0.1) is 17.6 Å². The van der Waals surface area contributed by atoms with E-state index in [4.69, 9.17) is 0 Å². The maximum absolute atomic E-state index is 12.8. The molecular formula is C16H14BrN3O5. The molecule has 1 aromatic carbocycles. The number of methoxy groups -OCH3 is 1. The SMILES string of the molecule is CCN(C(=O)c1cc(C(=O)OC)cc([N+](=O)[O-])c1)c1ccc(Br)cn1. The van der Waals surface area contributed by atoms with Crippen LogP contribution in [0.15, 0.2) is 41.0 Å².